The fourth-order valence-electron chi connectivity index (χ4n) is 4.27. The fraction of sp³-hybridized carbons (Fsp3) is 0.214. The Morgan fingerprint density at radius 3 is 2.50 bits per heavy atom. The van der Waals surface area contributed by atoms with E-state index in [-0.39, 0.29) is 24.3 Å². The summed E-state index contributed by atoms with van der Waals surface area (Å²) in [5.74, 6) is 0.860. The van der Waals surface area contributed by atoms with Gasteiger partial charge in [-0.3, -0.25) is 9.59 Å². The predicted octanol–water partition coefficient (Wildman–Crippen LogP) is 5.54. The number of hydrogen-bond donors (Lipinski definition) is 1. The van der Waals surface area contributed by atoms with Crippen molar-refractivity contribution < 1.29 is 19.1 Å². The molecule has 194 valence electrons. The molecule has 5 rings (SSSR count). The van der Waals surface area contributed by atoms with Crippen molar-refractivity contribution in [2.45, 2.75) is 24.1 Å². The summed E-state index contributed by atoms with van der Waals surface area (Å²) in [5, 5.41) is 9.89. The van der Waals surface area contributed by atoms with Crippen LogP contribution in [-0.2, 0) is 9.59 Å². The number of thioether (sulfide) groups is 1. The Morgan fingerprint density at radius 1 is 1.05 bits per heavy atom. The number of hydrogen-bond acceptors (Lipinski definition) is 7. The van der Waals surface area contributed by atoms with Crippen LogP contribution in [0.25, 0.3) is 0 Å². The van der Waals surface area contributed by atoms with Crippen molar-refractivity contribution in [2.75, 3.05) is 19.5 Å². The molecule has 0 saturated carbocycles. The van der Waals surface area contributed by atoms with Crippen molar-refractivity contribution in [3.63, 3.8) is 0 Å². The lowest BCUT2D eigenvalue weighted by Gasteiger charge is -2.23. The molecule has 1 N–H and O–H groups in total. The van der Waals surface area contributed by atoms with Crippen molar-refractivity contribution in [3.05, 3.63) is 88.9 Å². The number of amides is 2. The maximum Gasteiger partial charge on any atom is 0.262 e. The molecular weight excluding hydrogens is 524 g/mol. The van der Waals surface area contributed by atoms with Gasteiger partial charge in [0.05, 0.1) is 26.0 Å². The molecule has 38 heavy (non-hydrogen) atoms. The first-order valence-corrected chi connectivity index (χ1v) is 13.2. The Morgan fingerprint density at radius 2 is 1.79 bits per heavy atom. The first-order chi connectivity index (χ1) is 18.4. The van der Waals surface area contributed by atoms with Gasteiger partial charge in [0, 0.05) is 29.1 Å². The zero-order valence-corrected chi connectivity index (χ0v) is 22.3. The third kappa shape index (κ3) is 5.69. The van der Waals surface area contributed by atoms with Crippen LogP contribution in [0.1, 0.15) is 30.0 Å². The molecule has 2 atom stereocenters. The lowest BCUT2D eigenvalue weighted by atomic mass is 9.98. The van der Waals surface area contributed by atoms with E-state index in [9.17, 15) is 9.59 Å². The minimum atomic E-state index is -0.634. The van der Waals surface area contributed by atoms with Crippen LogP contribution in [0.4, 0.5) is 5.69 Å². The third-order valence-corrected chi connectivity index (χ3v) is 7.63. The van der Waals surface area contributed by atoms with Gasteiger partial charge in [0.25, 0.3) is 5.91 Å². The number of methoxy groups -OCH3 is 2. The highest BCUT2D eigenvalue weighted by Crippen LogP contribution is 2.39. The third-order valence-electron chi connectivity index (χ3n) is 6.24. The number of amidine groups is 1. The highest BCUT2D eigenvalue weighted by Gasteiger charge is 2.39. The largest absolute Gasteiger partial charge is 0.497 e. The monoisotopic (exact) mass is 548 g/mol. The van der Waals surface area contributed by atoms with Crippen molar-refractivity contribution in [3.8, 4) is 11.5 Å². The molecule has 3 aromatic rings. The van der Waals surface area contributed by atoms with Crippen molar-refractivity contribution >= 4 is 51.7 Å². The van der Waals surface area contributed by atoms with E-state index < -0.39 is 5.25 Å². The van der Waals surface area contributed by atoms with Crippen LogP contribution in [0.5, 0.6) is 11.5 Å². The molecule has 0 aromatic heterocycles. The van der Waals surface area contributed by atoms with Crippen LogP contribution in [0.15, 0.2) is 82.9 Å². The SMILES string of the molecule is COc1ccc([C@@H]2CC(c3cccc(OC)c3)=NN2C2=NC(=O)[C@@H](CC(=O)Nc3ccc(Cl)cc3)S2)cc1. The van der Waals surface area contributed by atoms with E-state index in [1.54, 1.807) is 43.5 Å². The molecular formula is C28H25ClN4O4S. The topological polar surface area (TPSA) is 92.6 Å². The first-order valence-electron chi connectivity index (χ1n) is 11.9. The van der Waals surface area contributed by atoms with Crippen LogP contribution in [-0.4, -0.2) is 47.2 Å². The molecule has 10 heteroatoms. The van der Waals surface area contributed by atoms with E-state index in [0.717, 1.165) is 28.3 Å². The van der Waals surface area contributed by atoms with E-state index in [0.29, 0.717) is 22.3 Å². The number of nitrogens with one attached hydrogen (secondary N) is 1. The fourth-order valence-corrected chi connectivity index (χ4v) is 5.46. The number of ether oxygens (including phenoxy) is 2. The molecule has 2 heterocycles. The van der Waals surface area contributed by atoms with Gasteiger partial charge in [-0.1, -0.05) is 47.6 Å². The average Bonchev–Trinajstić information content (AvgIpc) is 3.54. The molecule has 0 aliphatic carbocycles. The summed E-state index contributed by atoms with van der Waals surface area (Å²) in [4.78, 5) is 29.8. The second-order valence-electron chi connectivity index (χ2n) is 8.71. The van der Waals surface area contributed by atoms with Crippen molar-refractivity contribution in [1.29, 1.82) is 0 Å². The number of anilines is 1. The number of carbonyl (C=O) groups excluding carboxylic acids is 2. The maximum atomic E-state index is 12.8. The Kier molecular flexibility index (Phi) is 7.67. The first kappa shape index (κ1) is 25.8. The Labute approximate surface area is 229 Å². The van der Waals surface area contributed by atoms with Gasteiger partial charge in [-0.2, -0.15) is 10.1 Å². The summed E-state index contributed by atoms with van der Waals surface area (Å²) >= 11 is 7.17. The standard InChI is InChI=1S/C28H25ClN4O4S/c1-36-21-12-6-17(7-13-21)24-15-23(18-4-3-5-22(14-18)37-2)32-33(24)28-31-27(35)25(38-28)16-26(34)30-20-10-8-19(29)9-11-20/h3-14,24-25H,15-16H2,1-2H3,(H,30,34)/t24-,25+/m0/s1. The molecule has 2 aliphatic heterocycles. The smallest absolute Gasteiger partial charge is 0.262 e. The normalized spacial score (nSPS) is 18.7. The second-order valence-corrected chi connectivity index (χ2v) is 10.3. The quantitative estimate of drug-likeness (QED) is 0.417. The molecule has 0 fully saturated rings. The van der Waals surface area contributed by atoms with E-state index in [2.05, 4.69) is 10.3 Å². The van der Waals surface area contributed by atoms with E-state index >= 15 is 0 Å². The highest BCUT2D eigenvalue weighted by atomic mass is 35.5. The average molecular weight is 549 g/mol. The zero-order valence-electron chi connectivity index (χ0n) is 20.8. The lowest BCUT2D eigenvalue weighted by Crippen LogP contribution is -2.25. The number of halogens is 1. The summed E-state index contributed by atoms with van der Waals surface area (Å²) in [6.45, 7) is 0. The molecule has 3 aromatic carbocycles. The molecule has 0 radical (unpaired) electrons. The number of rotatable bonds is 7. The van der Waals surface area contributed by atoms with Gasteiger partial charge in [0.1, 0.15) is 16.7 Å². The second kappa shape index (κ2) is 11.3. The summed E-state index contributed by atoms with van der Waals surface area (Å²) in [7, 11) is 3.25. The van der Waals surface area contributed by atoms with Gasteiger partial charge < -0.3 is 14.8 Å². The number of nitrogens with zero attached hydrogens (tertiary/aromatic N) is 3. The van der Waals surface area contributed by atoms with E-state index in [1.165, 1.54) is 11.8 Å². The van der Waals surface area contributed by atoms with E-state index in [1.807, 2.05) is 48.5 Å². The Hall–Kier alpha value is -3.82. The number of benzene rings is 3. The van der Waals surface area contributed by atoms with Gasteiger partial charge in [0.15, 0.2) is 5.17 Å². The van der Waals surface area contributed by atoms with Crippen LogP contribution in [0, 0.1) is 0 Å². The molecule has 0 unspecified atom stereocenters. The minimum absolute atomic E-state index is 0.00732. The molecule has 2 aliphatic rings. The van der Waals surface area contributed by atoms with Gasteiger partial charge >= 0.3 is 0 Å². The number of hydrazone groups is 1. The van der Waals surface area contributed by atoms with Crippen LogP contribution >= 0.6 is 23.4 Å². The van der Waals surface area contributed by atoms with Crippen molar-refractivity contribution in [2.24, 2.45) is 10.1 Å². The number of carbonyl (C=O) groups is 2. The predicted molar refractivity (Wildman–Crippen MR) is 150 cm³/mol. The Bertz CT molecular complexity index is 1410. The zero-order chi connectivity index (χ0) is 26.6. The minimum Gasteiger partial charge on any atom is -0.497 e. The summed E-state index contributed by atoms with van der Waals surface area (Å²) in [5.41, 5.74) is 3.40. The summed E-state index contributed by atoms with van der Waals surface area (Å²) in [6.07, 6.45) is 0.599. The van der Waals surface area contributed by atoms with Gasteiger partial charge in [-0.25, -0.2) is 5.01 Å². The van der Waals surface area contributed by atoms with Gasteiger partial charge in [0.2, 0.25) is 5.91 Å². The number of aliphatic imine (C=N–C) groups is 1. The van der Waals surface area contributed by atoms with Gasteiger partial charge in [-0.05, 0) is 54.1 Å². The molecule has 2 amide bonds. The van der Waals surface area contributed by atoms with Crippen LogP contribution in [0.2, 0.25) is 5.02 Å². The molecule has 0 saturated heterocycles. The summed E-state index contributed by atoms with van der Waals surface area (Å²) < 4.78 is 10.7. The van der Waals surface area contributed by atoms with Crippen molar-refractivity contribution in [1.82, 2.24) is 5.01 Å². The summed E-state index contributed by atoms with van der Waals surface area (Å²) in [6, 6.07) is 22.1. The lowest BCUT2D eigenvalue weighted by molar-refractivity contribution is -0.121. The Balaban J connectivity index is 1.36. The highest BCUT2D eigenvalue weighted by molar-refractivity contribution is 8.15. The van der Waals surface area contributed by atoms with Crippen LogP contribution in [0.3, 0.4) is 0 Å². The van der Waals surface area contributed by atoms with E-state index in [4.69, 9.17) is 26.2 Å². The molecule has 0 spiro atoms. The molecule has 8 nitrogen and oxygen atoms in total. The maximum absolute atomic E-state index is 12.8. The molecule has 0 bridgehead atoms. The van der Waals surface area contributed by atoms with Crippen LogP contribution < -0.4 is 14.8 Å². The van der Waals surface area contributed by atoms with Gasteiger partial charge in [-0.15, -0.1) is 0 Å².